The van der Waals surface area contributed by atoms with Crippen molar-refractivity contribution in [2.45, 2.75) is 0 Å². The van der Waals surface area contributed by atoms with Crippen molar-refractivity contribution >= 4 is 54.3 Å². The number of hydrogen-bond donors (Lipinski definition) is 0. The largest absolute Gasteiger partial charge is 0.455 e. The average molecular weight is 652 g/mol. The molecule has 1 heteroatoms. The smallest absolute Gasteiger partial charge is 0.143 e. The van der Waals surface area contributed by atoms with Gasteiger partial charge in [0, 0.05) is 16.2 Å². The number of benzene rings is 9. The molecule has 0 unspecified atom stereocenters. The molecule has 0 atom stereocenters. The van der Waals surface area contributed by atoms with Gasteiger partial charge in [-0.1, -0.05) is 169 Å². The Bertz CT molecular complexity index is 4400. The van der Waals surface area contributed by atoms with E-state index in [9.17, 15) is 15.1 Å². The van der Waals surface area contributed by atoms with E-state index >= 15 is 0 Å². The fourth-order valence-corrected chi connectivity index (χ4v) is 5.97. The van der Waals surface area contributed by atoms with Crippen LogP contribution in [0.5, 0.6) is 0 Å². The Morgan fingerprint density at radius 1 is 0.347 bits per heavy atom. The van der Waals surface area contributed by atoms with E-state index < -0.39 is 274 Å². The van der Waals surface area contributed by atoms with Crippen LogP contribution in [-0.4, -0.2) is 0 Å². The third-order valence-corrected chi connectivity index (χ3v) is 8.01. The summed E-state index contributed by atoms with van der Waals surface area (Å²) in [6, 6.07) is -26.2. The molecule has 0 spiro atoms. The Balaban J connectivity index is 1.50. The lowest BCUT2D eigenvalue weighted by atomic mass is 9.83. The Hall–Kier alpha value is -6.44. The van der Waals surface area contributed by atoms with Crippen LogP contribution in [0.1, 0.15) is 39.8 Å². The van der Waals surface area contributed by atoms with E-state index in [1.165, 1.54) is 0 Å². The maximum Gasteiger partial charge on any atom is 0.143 e. The molecule has 0 aliphatic carbocycles. The molecule has 1 nitrogen and oxygen atoms in total. The second kappa shape index (κ2) is 11.1. The van der Waals surface area contributed by atoms with Crippen LogP contribution < -0.4 is 0 Å². The second-order valence-electron chi connectivity index (χ2n) is 10.6. The van der Waals surface area contributed by atoms with Crippen LogP contribution in [0.4, 0.5) is 0 Å². The SMILES string of the molecule is [2H]c1cc(-c2c([2H])c([2H])c(-c3c([2H])c([2H])c([2H])c([2H])c3[2H])c([2H])c2[2H])c(-c2c3c([2H])c([2H])c([2H])c([2H])c3c(-c3c([2H])c([2H])c([2H])c4oc5c6c([2H])c([2H])c([2H])c([2H])c6c([2H])c([2H])c5c34)c3c([2H])c([2H])c([2H])c([2H])c23)c([2H])c1[2H]. The first kappa shape index (κ1) is 11.3. The van der Waals surface area contributed by atoms with Gasteiger partial charge in [0.25, 0.3) is 0 Å². The lowest BCUT2D eigenvalue weighted by molar-refractivity contribution is 0.673. The van der Waals surface area contributed by atoms with Gasteiger partial charge in [0.1, 0.15) is 11.2 Å². The summed E-state index contributed by atoms with van der Waals surface area (Å²) in [6.45, 7) is 0. The molecule has 228 valence electrons. The van der Waals surface area contributed by atoms with Gasteiger partial charge in [-0.25, -0.2) is 0 Å². The molecule has 9 aromatic carbocycles. The van der Waals surface area contributed by atoms with Crippen LogP contribution in [0.2, 0.25) is 0 Å². The van der Waals surface area contributed by atoms with Crippen LogP contribution in [0.3, 0.4) is 0 Å². The molecule has 0 saturated heterocycles. The van der Waals surface area contributed by atoms with E-state index in [2.05, 4.69) is 0 Å². The van der Waals surface area contributed by atoms with Gasteiger partial charge in [0.2, 0.25) is 0 Å². The van der Waals surface area contributed by atoms with Crippen LogP contribution in [0.25, 0.3) is 98.8 Å². The number of furan rings is 1. The van der Waals surface area contributed by atoms with Crippen LogP contribution in [0, 0.1) is 0 Å². The third-order valence-electron chi connectivity index (χ3n) is 8.01. The quantitative estimate of drug-likeness (QED) is 0.173. The van der Waals surface area contributed by atoms with Crippen molar-refractivity contribution in [3.63, 3.8) is 0 Å². The highest BCUT2D eigenvalue weighted by Crippen LogP contribution is 2.48. The molecule has 0 amide bonds. The fourth-order valence-electron chi connectivity index (χ4n) is 5.97. The minimum absolute atomic E-state index is 0.472. The van der Waals surface area contributed by atoms with Gasteiger partial charge in [-0.15, -0.1) is 0 Å². The Morgan fingerprint density at radius 2 is 0.898 bits per heavy atom. The Labute approximate surface area is 325 Å². The zero-order valence-corrected chi connectivity index (χ0v) is 24.5. The third kappa shape index (κ3) is 4.33. The second-order valence-corrected chi connectivity index (χ2v) is 10.6. The van der Waals surface area contributed by atoms with Crippen molar-refractivity contribution in [2.24, 2.45) is 0 Å². The molecule has 0 aliphatic heterocycles. The van der Waals surface area contributed by atoms with Gasteiger partial charge < -0.3 is 4.42 Å². The van der Waals surface area contributed by atoms with Gasteiger partial charge in [-0.05, 0) is 83.5 Å². The highest BCUT2D eigenvalue weighted by molar-refractivity contribution is 6.27. The summed E-state index contributed by atoms with van der Waals surface area (Å²) in [5.41, 5.74) is -7.13. The van der Waals surface area contributed by atoms with Crippen molar-refractivity contribution in [1.82, 2.24) is 0 Å². The summed E-state index contributed by atoms with van der Waals surface area (Å²) in [5, 5.41) is -5.06. The summed E-state index contributed by atoms with van der Waals surface area (Å²) in [4.78, 5) is 0. The lowest BCUT2D eigenvalue weighted by Gasteiger charge is -2.20. The zero-order chi connectivity index (χ0) is 57.5. The monoisotopic (exact) mass is 651 g/mol. The number of rotatable bonds is 4. The van der Waals surface area contributed by atoms with Gasteiger partial charge in [-0.2, -0.15) is 0 Å². The molecule has 1 heterocycles. The molecule has 49 heavy (non-hydrogen) atoms. The minimum Gasteiger partial charge on any atom is -0.455 e. The van der Waals surface area contributed by atoms with Crippen LogP contribution in [0.15, 0.2) is 186 Å². The van der Waals surface area contributed by atoms with Crippen molar-refractivity contribution in [1.29, 1.82) is 0 Å². The van der Waals surface area contributed by atoms with E-state index in [4.69, 9.17) is 29.1 Å². The van der Waals surface area contributed by atoms with E-state index in [0.29, 0.717) is 0 Å². The van der Waals surface area contributed by atoms with E-state index in [-0.39, 0.29) is 0 Å². The molecule has 0 N–H and O–H groups in total. The molecule has 0 saturated carbocycles. The topological polar surface area (TPSA) is 13.1 Å². The van der Waals surface area contributed by atoms with E-state index in [0.717, 1.165) is 6.07 Å². The Morgan fingerprint density at radius 3 is 1.61 bits per heavy atom. The molecule has 0 radical (unpaired) electrons. The summed E-state index contributed by atoms with van der Waals surface area (Å²) in [6.07, 6.45) is 0. The molecule has 0 aliphatic rings. The summed E-state index contributed by atoms with van der Waals surface area (Å²) >= 11 is 0. The molecular formula is C48H30O. The summed E-state index contributed by atoms with van der Waals surface area (Å²) in [5.74, 6) is 0. The first-order chi connectivity index (χ1) is 36.4. The molecule has 0 bridgehead atoms. The lowest BCUT2D eigenvalue weighted by Crippen LogP contribution is -1.93. The number of fused-ring (bicyclic) bond motifs is 7. The van der Waals surface area contributed by atoms with Crippen molar-refractivity contribution in [3.8, 4) is 44.5 Å². The standard InChI is InChI=1S/C48H30O/c1-2-13-31(14-3-1)32-25-27-34(28-26-32)35-16-6-7-18-37(35)45-38-19-8-10-21-40(38)46(41-22-11-9-20-39(41)45)42-23-12-24-44-47(42)43-30-29-33-15-4-5-17-36(33)48(43)49-44/h1-30H/i1D,2D,3D,4D,5D,6D,7D,8D,9D,10D,11D,12D,13D,14D,15D,17D,18D,19D,20D,21D,22D,23D,24D,25D,26D,27D,28D,29D,30D. The van der Waals surface area contributed by atoms with Crippen molar-refractivity contribution in [3.05, 3.63) is 181 Å². The normalized spacial score (nSPS) is 20.0. The maximum absolute atomic E-state index is 9.61. The first-order valence-corrected chi connectivity index (χ1v) is 14.5. The molecule has 0 fully saturated rings. The van der Waals surface area contributed by atoms with E-state index in [1.807, 2.05) is 0 Å². The molecular weight excluding hydrogens is 593 g/mol. The minimum atomic E-state index is -1.03. The van der Waals surface area contributed by atoms with Crippen molar-refractivity contribution < 1.29 is 44.2 Å². The summed E-state index contributed by atoms with van der Waals surface area (Å²) in [7, 11) is 0. The van der Waals surface area contributed by atoms with Gasteiger partial charge in [-0.3, -0.25) is 0 Å². The number of hydrogen-bond acceptors (Lipinski definition) is 1. The van der Waals surface area contributed by atoms with Gasteiger partial charge in [0.15, 0.2) is 0 Å². The first-order valence-electron chi connectivity index (χ1n) is 29.0. The van der Waals surface area contributed by atoms with E-state index in [1.54, 1.807) is 0 Å². The fraction of sp³-hybridized carbons (Fsp3) is 0. The van der Waals surface area contributed by atoms with Crippen molar-refractivity contribution in [2.75, 3.05) is 0 Å². The predicted molar refractivity (Wildman–Crippen MR) is 208 cm³/mol. The predicted octanol–water partition coefficient (Wildman–Crippen LogP) is 13.7. The zero-order valence-electron chi connectivity index (χ0n) is 53.5. The van der Waals surface area contributed by atoms with Crippen LogP contribution >= 0.6 is 0 Å². The van der Waals surface area contributed by atoms with Gasteiger partial charge in [0.05, 0.1) is 39.8 Å². The highest BCUT2D eigenvalue weighted by atomic mass is 16.3. The highest BCUT2D eigenvalue weighted by Gasteiger charge is 2.22. The van der Waals surface area contributed by atoms with Crippen LogP contribution in [-0.2, 0) is 0 Å². The molecule has 10 aromatic rings. The Kier molecular flexibility index (Phi) is 2.56. The van der Waals surface area contributed by atoms with Gasteiger partial charge >= 0.3 is 0 Å². The molecule has 10 rings (SSSR count). The summed E-state index contributed by atoms with van der Waals surface area (Å²) < 4.78 is 267. The molecule has 1 aromatic heterocycles. The maximum atomic E-state index is 9.61. The average Bonchev–Trinajstić information content (AvgIpc) is 3.87.